The van der Waals surface area contributed by atoms with Crippen LogP contribution in [0.4, 0.5) is 5.69 Å². The Morgan fingerprint density at radius 2 is 1.68 bits per heavy atom. The number of aromatic nitrogens is 1. The maximum absolute atomic E-state index is 13.2. The number of hydrogen-bond acceptors (Lipinski definition) is 6. The van der Waals surface area contributed by atoms with E-state index in [0.717, 1.165) is 10.5 Å². The van der Waals surface area contributed by atoms with Crippen LogP contribution in [0.3, 0.4) is 0 Å². The largest absolute Gasteiger partial charge is 0.335 e. The normalized spacial score (nSPS) is 13.5. The smallest absolute Gasteiger partial charge is 0.283 e. The van der Waals surface area contributed by atoms with Crippen LogP contribution in [0, 0.1) is 10.1 Å². The Morgan fingerprint density at radius 1 is 0.973 bits per heavy atom. The molecule has 0 unspecified atom stereocenters. The summed E-state index contributed by atoms with van der Waals surface area (Å²) < 4.78 is 0. The first-order valence-corrected chi connectivity index (χ1v) is 12.8. The zero-order valence-corrected chi connectivity index (χ0v) is 21.6. The summed E-state index contributed by atoms with van der Waals surface area (Å²) in [7, 11) is 0. The molecule has 0 saturated carbocycles. The monoisotopic (exact) mass is 516 g/mol. The van der Waals surface area contributed by atoms with Gasteiger partial charge in [0.05, 0.1) is 15.4 Å². The molecular weight excluding hydrogens is 488 g/mol. The number of pyridine rings is 1. The van der Waals surface area contributed by atoms with Crippen LogP contribution in [-0.2, 0) is 4.79 Å². The van der Waals surface area contributed by atoms with Gasteiger partial charge in [-0.15, -0.1) is 0 Å². The molecule has 8 nitrogen and oxygen atoms in total. The van der Waals surface area contributed by atoms with Crippen molar-refractivity contribution in [3.63, 3.8) is 0 Å². The van der Waals surface area contributed by atoms with Gasteiger partial charge in [0.15, 0.2) is 0 Å². The van der Waals surface area contributed by atoms with Crippen molar-refractivity contribution >= 4 is 34.8 Å². The van der Waals surface area contributed by atoms with Gasteiger partial charge in [-0.3, -0.25) is 24.7 Å². The van der Waals surface area contributed by atoms with E-state index in [1.807, 2.05) is 24.3 Å². The molecule has 2 amide bonds. The quantitative estimate of drug-likeness (QED) is 0.241. The van der Waals surface area contributed by atoms with E-state index in [9.17, 15) is 19.7 Å². The Bertz CT molecular complexity index is 1340. The van der Waals surface area contributed by atoms with Gasteiger partial charge in [0, 0.05) is 55.1 Å². The zero-order chi connectivity index (χ0) is 26.5. The van der Waals surface area contributed by atoms with Crippen molar-refractivity contribution in [3.05, 3.63) is 100 Å². The highest BCUT2D eigenvalue weighted by Crippen LogP contribution is 2.39. The Hall–Kier alpha value is -3.98. The Kier molecular flexibility index (Phi) is 8.03. The molecule has 2 aromatic carbocycles. The maximum atomic E-state index is 13.2. The maximum Gasteiger partial charge on any atom is 0.283 e. The fraction of sp³-hybridized carbons (Fsp3) is 0.250. The molecule has 37 heavy (non-hydrogen) atoms. The predicted molar refractivity (Wildman–Crippen MR) is 144 cm³/mol. The summed E-state index contributed by atoms with van der Waals surface area (Å²) in [6.07, 6.45) is 3.14. The van der Waals surface area contributed by atoms with Crippen LogP contribution in [0.1, 0.15) is 41.3 Å². The number of benzene rings is 2. The highest BCUT2D eigenvalue weighted by molar-refractivity contribution is 7.99. The first-order chi connectivity index (χ1) is 17.8. The number of amides is 2. The van der Waals surface area contributed by atoms with Crippen LogP contribution in [0.15, 0.2) is 83.4 Å². The van der Waals surface area contributed by atoms with Crippen molar-refractivity contribution in [1.82, 2.24) is 14.8 Å². The van der Waals surface area contributed by atoms with Crippen LogP contribution in [0.2, 0.25) is 0 Å². The lowest BCUT2D eigenvalue weighted by molar-refractivity contribution is -0.387. The van der Waals surface area contributed by atoms with Gasteiger partial charge in [-0.05, 0) is 41.3 Å². The minimum atomic E-state index is -0.426. The van der Waals surface area contributed by atoms with E-state index in [1.165, 1.54) is 24.0 Å². The molecule has 9 heteroatoms. The average molecular weight is 517 g/mol. The van der Waals surface area contributed by atoms with Crippen LogP contribution in [-0.4, -0.2) is 57.7 Å². The summed E-state index contributed by atoms with van der Waals surface area (Å²) in [4.78, 5) is 46.1. The molecule has 190 valence electrons. The summed E-state index contributed by atoms with van der Waals surface area (Å²) >= 11 is 1.35. The predicted octanol–water partition coefficient (Wildman–Crippen LogP) is 5.26. The standard InChI is InChI=1S/C28H28N4O4S/c1-19(2)23-8-4-5-9-25(23)37-26-11-10-21(17-24(26)32(35)36)20(3)27(33)30-13-15-31(16-14-30)28(34)22-7-6-12-29-18-22/h4-12,17-19H,3,13-16H2,1-2H3. The van der Waals surface area contributed by atoms with Gasteiger partial charge in [0.25, 0.3) is 17.5 Å². The van der Waals surface area contributed by atoms with Gasteiger partial charge in [-0.1, -0.05) is 56.5 Å². The molecule has 2 heterocycles. The topological polar surface area (TPSA) is 96.7 Å². The molecule has 0 spiro atoms. The molecular formula is C28H28N4O4S. The third-order valence-electron chi connectivity index (χ3n) is 6.29. The Morgan fingerprint density at radius 3 is 2.32 bits per heavy atom. The summed E-state index contributed by atoms with van der Waals surface area (Å²) in [5.74, 6) is -0.144. The second kappa shape index (κ2) is 11.4. The third-order valence-corrected chi connectivity index (χ3v) is 7.44. The lowest BCUT2D eigenvalue weighted by Crippen LogP contribution is -2.50. The first-order valence-electron chi connectivity index (χ1n) is 12.0. The van der Waals surface area contributed by atoms with Gasteiger partial charge in [0.2, 0.25) is 0 Å². The van der Waals surface area contributed by atoms with E-state index in [2.05, 4.69) is 25.4 Å². The number of piperazine rings is 1. The van der Waals surface area contributed by atoms with Crippen LogP contribution >= 0.6 is 11.8 Å². The minimum Gasteiger partial charge on any atom is -0.335 e. The molecule has 1 saturated heterocycles. The van der Waals surface area contributed by atoms with E-state index in [-0.39, 0.29) is 29.0 Å². The summed E-state index contributed by atoms with van der Waals surface area (Å²) in [6.45, 7) is 9.59. The van der Waals surface area contributed by atoms with Gasteiger partial charge in [-0.25, -0.2) is 0 Å². The minimum absolute atomic E-state index is 0.0677. The van der Waals surface area contributed by atoms with Crippen LogP contribution in [0.5, 0.6) is 0 Å². The lowest BCUT2D eigenvalue weighted by atomic mass is 10.0. The number of carbonyl (C=O) groups excluding carboxylic acids is 2. The number of nitro groups is 1. The van der Waals surface area contributed by atoms with Crippen molar-refractivity contribution in [2.75, 3.05) is 26.2 Å². The average Bonchev–Trinajstić information content (AvgIpc) is 2.92. The second-order valence-corrected chi connectivity index (χ2v) is 10.1. The van der Waals surface area contributed by atoms with Crippen molar-refractivity contribution < 1.29 is 14.5 Å². The van der Waals surface area contributed by atoms with Gasteiger partial charge in [0.1, 0.15) is 0 Å². The van der Waals surface area contributed by atoms with Gasteiger partial charge in [-0.2, -0.15) is 0 Å². The molecule has 0 atom stereocenters. The molecule has 4 rings (SSSR count). The molecule has 1 fully saturated rings. The molecule has 0 radical (unpaired) electrons. The van der Waals surface area contributed by atoms with Gasteiger partial charge < -0.3 is 9.80 Å². The highest BCUT2D eigenvalue weighted by atomic mass is 32.2. The van der Waals surface area contributed by atoms with E-state index in [4.69, 9.17) is 0 Å². The fourth-order valence-electron chi connectivity index (χ4n) is 4.20. The molecule has 0 bridgehead atoms. The second-order valence-electron chi connectivity index (χ2n) is 9.04. The zero-order valence-electron chi connectivity index (χ0n) is 20.8. The number of nitro benzene ring substituents is 1. The number of rotatable bonds is 7. The third kappa shape index (κ3) is 5.89. The number of nitrogens with zero attached hydrogens (tertiary/aromatic N) is 4. The fourth-order valence-corrected chi connectivity index (χ4v) is 5.38. The van der Waals surface area contributed by atoms with Crippen molar-refractivity contribution in [2.45, 2.75) is 29.6 Å². The molecule has 0 aliphatic carbocycles. The molecule has 1 aromatic heterocycles. The van der Waals surface area contributed by atoms with Crippen LogP contribution in [0.25, 0.3) is 5.57 Å². The van der Waals surface area contributed by atoms with Gasteiger partial charge >= 0.3 is 0 Å². The SMILES string of the molecule is C=C(C(=O)N1CCN(C(=O)c2cccnc2)CC1)c1ccc(Sc2ccccc2C(C)C)c([N+](=O)[O-])c1. The van der Waals surface area contributed by atoms with E-state index in [1.54, 1.807) is 40.3 Å². The summed E-state index contributed by atoms with van der Waals surface area (Å²) in [5, 5.41) is 11.9. The number of hydrogen-bond donors (Lipinski definition) is 0. The first kappa shape index (κ1) is 26.1. The molecule has 1 aliphatic rings. The molecule has 3 aromatic rings. The summed E-state index contributed by atoms with van der Waals surface area (Å²) in [5.41, 5.74) is 2.16. The Labute approximate surface area is 220 Å². The van der Waals surface area contributed by atoms with E-state index in [0.29, 0.717) is 42.2 Å². The number of carbonyl (C=O) groups is 2. The lowest BCUT2D eigenvalue weighted by Gasteiger charge is -2.35. The van der Waals surface area contributed by atoms with Crippen molar-refractivity contribution in [3.8, 4) is 0 Å². The highest BCUT2D eigenvalue weighted by Gasteiger charge is 2.27. The molecule has 0 N–H and O–H groups in total. The molecule has 1 aliphatic heterocycles. The van der Waals surface area contributed by atoms with E-state index < -0.39 is 4.92 Å². The Balaban J connectivity index is 1.46. The van der Waals surface area contributed by atoms with Crippen molar-refractivity contribution in [2.24, 2.45) is 0 Å². The summed E-state index contributed by atoms with van der Waals surface area (Å²) in [6, 6.07) is 16.1. The van der Waals surface area contributed by atoms with Crippen LogP contribution < -0.4 is 0 Å². The van der Waals surface area contributed by atoms with Crippen molar-refractivity contribution in [1.29, 1.82) is 0 Å². The van der Waals surface area contributed by atoms with E-state index >= 15 is 0 Å².